The van der Waals surface area contributed by atoms with Crippen LogP contribution in [0.3, 0.4) is 0 Å². The Balaban J connectivity index is 0.000000135. The summed E-state index contributed by atoms with van der Waals surface area (Å²) in [5, 5.41) is 4.63. The molecule has 0 N–H and O–H groups in total. The SMILES string of the molecule is Cc1cnc2c(ccc3cc(C)cnc32)c1.Cc1cnc2c(ccc3cc(C)cnc32)c1. The van der Waals surface area contributed by atoms with Crippen molar-refractivity contribution in [3.63, 3.8) is 0 Å². The van der Waals surface area contributed by atoms with E-state index in [1.54, 1.807) is 0 Å². The van der Waals surface area contributed by atoms with Crippen LogP contribution in [0, 0.1) is 27.7 Å². The zero-order valence-corrected chi connectivity index (χ0v) is 18.7. The summed E-state index contributed by atoms with van der Waals surface area (Å²) in [6.07, 6.45) is 7.57. The van der Waals surface area contributed by atoms with Crippen molar-refractivity contribution in [3.8, 4) is 0 Å². The molecular formula is C28H24N4. The van der Waals surface area contributed by atoms with Crippen LogP contribution in [-0.4, -0.2) is 19.9 Å². The lowest BCUT2D eigenvalue weighted by molar-refractivity contribution is 1.30. The second-order valence-electron chi connectivity index (χ2n) is 8.47. The van der Waals surface area contributed by atoms with Gasteiger partial charge in [-0.3, -0.25) is 19.9 Å². The minimum absolute atomic E-state index is 0.989. The lowest BCUT2D eigenvalue weighted by Crippen LogP contribution is -1.87. The maximum atomic E-state index is 4.48. The first kappa shape index (κ1) is 20.0. The van der Waals surface area contributed by atoms with Gasteiger partial charge in [0, 0.05) is 46.3 Å². The van der Waals surface area contributed by atoms with Crippen LogP contribution >= 0.6 is 0 Å². The van der Waals surface area contributed by atoms with E-state index in [1.807, 2.05) is 24.8 Å². The maximum absolute atomic E-state index is 4.48. The summed E-state index contributed by atoms with van der Waals surface area (Å²) < 4.78 is 0. The molecular weight excluding hydrogens is 392 g/mol. The molecule has 0 spiro atoms. The molecule has 4 nitrogen and oxygen atoms in total. The van der Waals surface area contributed by atoms with Crippen molar-refractivity contribution in [1.29, 1.82) is 0 Å². The first-order valence-electron chi connectivity index (χ1n) is 10.7. The van der Waals surface area contributed by atoms with Crippen LogP contribution in [0.25, 0.3) is 43.6 Å². The fourth-order valence-electron chi connectivity index (χ4n) is 4.03. The smallest absolute Gasteiger partial charge is 0.0964 e. The predicted octanol–water partition coefficient (Wildman–Crippen LogP) is 6.80. The molecule has 0 fully saturated rings. The third kappa shape index (κ3) is 3.76. The monoisotopic (exact) mass is 416 g/mol. The molecule has 0 saturated heterocycles. The van der Waals surface area contributed by atoms with Gasteiger partial charge in [0.05, 0.1) is 22.1 Å². The molecule has 0 saturated carbocycles. The van der Waals surface area contributed by atoms with E-state index < -0.39 is 0 Å². The number of aryl methyl sites for hydroxylation is 4. The van der Waals surface area contributed by atoms with E-state index in [1.165, 1.54) is 22.3 Å². The van der Waals surface area contributed by atoms with E-state index in [0.717, 1.165) is 43.6 Å². The van der Waals surface area contributed by atoms with E-state index in [4.69, 9.17) is 0 Å². The number of aromatic nitrogens is 4. The second kappa shape index (κ2) is 7.97. The highest BCUT2D eigenvalue weighted by molar-refractivity contribution is 6.03. The van der Waals surface area contributed by atoms with Gasteiger partial charge in [-0.1, -0.05) is 24.3 Å². The van der Waals surface area contributed by atoms with Crippen LogP contribution in [0.5, 0.6) is 0 Å². The molecule has 0 radical (unpaired) electrons. The summed E-state index contributed by atoms with van der Waals surface area (Å²) in [5.41, 5.74) is 8.67. The van der Waals surface area contributed by atoms with Crippen LogP contribution in [0.1, 0.15) is 22.3 Å². The van der Waals surface area contributed by atoms with Crippen LogP contribution in [0.4, 0.5) is 0 Å². The van der Waals surface area contributed by atoms with E-state index in [-0.39, 0.29) is 0 Å². The lowest BCUT2D eigenvalue weighted by Gasteiger charge is -2.03. The number of pyridine rings is 4. The topological polar surface area (TPSA) is 51.6 Å². The van der Waals surface area contributed by atoms with Crippen molar-refractivity contribution >= 4 is 43.6 Å². The average molecular weight is 417 g/mol. The standard InChI is InChI=1S/2C14H12N2/c2*1-9-5-11-3-4-12-6-10(2)8-16-14(12)13(11)15-7-9/h2*3-8H,1-2H3. The Morgan fingerprint density at radius 1 is 0.375 bits per heavy atom. The van der Waals surface area contributed by atoms with Crippen LogP contribution in [0.2, 0.25) is 0 Å². The van der Waals surface area contributed by atoms with Crippen molar-refractivity contribution in [2.45, 2.75) is 27.7 Å². The Bertz CT molecular complexity index is 1370. The fraction of sp³-hybridized carbons (Fsp3) is 0.143. The molecule has 4 heterocycles. The average Bonchev–Trinajstić information content (AvgIpc) is 2.78. The molecule has 0 aliphatic rings. The van der Waals surface area contributed by atoms with Gasteiger partial charge in [0.1, 0.15) is 0 Å². The predicted molar refractivity (Wildman–Crippen MR) is 133 cm³/mol. The fourth-order valence-corrected chi connectivity index (χ4v) is 4.03. The summed E-state index contributed by atoms with van der Waals surface area (Å²) in [5.74, 6) is 0. The number of hydrogen-bond donors (Lipinski definition) is 0. The van der Waals surface area contributed by atoms with E-state index in [2.05, 4.69) is 96.2 Å². The minimum Gasteiger partial charge on any atom is -0.254 e. The highest BCUT2D eigenvalue weighted by Gasteiger charge is 2.04. The first-order chi connectivity index (χ1) is 15.5. The number of rotatable bonds is 0. The van der Waals surface area contributed by atoms with Gasteiger partial charge in [0.15, 0.2) is 0 Å². The van der Waals surface area contributed by atoms with E-state index in [0.29, 0.717) is 0 Å². The Kier molecular flexibility index (Phi) is 4.98. The largest absolute Gasteiger partial charge is 0.254 e. The molecule has 0 aliphatic carbocycles. The zero-order chi connectivity index (χ0) is 22.2. The van der Waals surface area contributed by atoms with Gasteiger partial charge in [0.25, 0.3) is 0 Å². The molecule has 6 rings (SSSR count). The van der Waals surface area contributed by atoms with Crippen molar-refractivity contribution < 1.29 is 0 Å². The first-order valence-corrected chi connectivity index (χ1v) is 10.7. The van der Waals surface area contributed by atoms with Crippen molar-refractivity contribution in [3.05, 3.63) is 95.6 Å². The third-order valence-corrected chi connectivity index (χ3v) is 5.55. The Hall–Kier alpha value is -3.92. The summed E-state index contributed by atoms with van der Waals surface area (Å²) in [4.78, 5) is 17.9. The van der Waals surface area contributed by atoms with Gasteiger partial charge in [-0.2, -0.15) is 0 Å². The summed E-state index contributed by atoms with van der Waals surface area (Å²) in [7, 11) is 0. The minimum atomic E-state index is 0.989. The molecule has 0 unspecified atom stereocenters. The van der Waals surface area contributed by atoms with Crippen LogP contribution < -0.4 is 0 Å². The highest BCUT2D eigenvalue weighted by Crippen LogP contribution is 2.24. The Morgan fingerprint density at radius 3 is 0.812 bits per heavy atom. The molecule has 0 aliphatic heterocycles. The molecule has 0 amide bonds. The van der Waals surface area contributed by atoms with Gasteiger partial charge in [0.2, 0.25) is 0 Å². The number of benzene rings is 2. The molecule has 0 bridgehead atoms. The molecule has 0 atom stereocenters. The quantitative estimate of drug-likeness (QED) is 0.256. The van der Waals surface area contributed by atoms with Gasteiger partial charge in [-0.15, -0.1) is 0 Å². The molecule has 4 aromatic heterocycles. The van der Waals surface area contributed by atoms with Crippen LogP contribution in [0.15, 0.2) is 73.3 Å². The Morgan fingerprint density at radius 2 is 0.594 bits per heavy atom. The van der Waals surface area contributed by atoms with Crippen LogP contribution in [-0.2, 0) is 0 Å². The molecule has 2 aromatic carbocycles. The Labute approximate surface area is 187 Å². The number of nitrogens with zero attached hydrogens (tertiary/aromatic N) is 4. The molecule has 4 heteroatoms. The van der Waals surface area contributed by atoms with E-state index >= 15 is 0 Å². The summed E-state index contributed by atoms with van der Waals surface area (Å²) in [6.45, 7) is 8.22. The van der Waals surface area contributed by atoms with Gasteiger partial charge in [-0.25, -0.2) is 0 Å². The van der Waals surface area contributed by atoms with Crippen molar-refractivity contribution in [2.24, 2.45) is 0 Å². The summed E-state index contributed by atoms with van der Waals surface area (Å²) in [6, 6.07) is 17.0. The number of hydrogen-bond acceptors (Lipinski definition) is 4. The van der Waals surface area contributed by atoms with Gasteiger partial charge in [-0.05, 0) is 74.2 Å². The van der Waals surface area contributed by atoms with Gasteiger partial charge < -0.3 is 0 Å². The second-order valence-corrected chi connectivity index (χ2v) is 8.47. The van der Waals surface area contributed by atoms with Gasteiger partial charge >= 0.3 is 0 Å². The zero-order valence-electron chi connectivity index (χ0n) is 18.7. The molecule has 156 valence electrons. The highest BCUT2D eigenvalue weighted by atomic mass is 14.7. The number of fused-ring (bicyclic) bond motifs is 6. The normalized spacial score (nSPS) is 11.1. The van der Waals surface area contributed by atoms with Crippen molar-refractivity contribution in [1.82, 2.24) is 19.9 Å². The molecule has 6 aromatic rings. The van der Waals surface area contributed by atoms with Crippen molar-refractivity contribution in [2.75, 3.05) is 0 Å². The maximum Gasteiger partial charge on any atom is 0.0964 e. The summed E-state index contributed by atoms with van der Waals surface area (Å²) >= 11 is 0. The molecule has 32 heavy (non-hydrogen) atoms. The lowest BCUT2D eigenvalue weighted by atomic mass is 10.1. The van der Waals surface area contributed by atoms with E-state index in [9.17, 15) is 0 Å². The third-order valence-electron chi connectivity index (χ3n) is 5.55.